The minimum absolute atomic E-state index is 0.175. The van der Waals surface area contributed by atoms with Crippen LogP contribution in [0.1, 0.15) is 40.5 Å². The molecule has 1 N–H and O–H groups in total. The van der Waals surface area contributed by atoms with Gasteiger partial charge in [0.2, 0.25) is 0 Å². The Hall–Kier alpha value is -0.0800. The second-order valence-electron chi connectivity index (χ2n) is 4.04. The van der Waals surface area contributed by atoms with Gasteiger partial charge in [-0.2, -0.15) is 0 Å². The summed E-state index contributed by atoms with van der Waals surface area (Å²) in [5.41, 5.74) is 0. The molecule has 0 aliphatic rings. The number of aliphatic hydroxyl groups excluding tert-OH is 1. The van der Waals surface area contributed by atoms with Crippen LogP contribution in [0.3, 0.4) is 0 Å². The van der Waals surface area contributed by atoms with Crippen molar-refractivity contribution in [3.63, 3.8) is 0 Å². The Labute approximate surface area is 82.3 Å². The minimum atomic E-state index is 0.175. The molecule has 0 aromatic rings. The van der Waals surface area contributed by atoms with E-state index in [4.69, 9.17) is 9.84 Å². The Bertz CT molecular complexity index is 115. The summed E-state index contributed by atoms with van der Waals surface area (Å²) in [6.45, 7) is 9.50. The van der Waals surface area contributed by atoms with Gasteiger partial charge < -0.3 is 9.84 Å². The molecule has 0 radical (unpaired) electrons. The van der Waals surface area contributed by atoms with E-state index in [1.54, 1.807) is 0 Å². The average molecular weight is 188 g/mol. The van der Waals surface area contributed by atoms with Crippen LogP contribution < -0.4 is 0 Å². The SMILES string of the molecule is CCC(C)CCOC(C)C(C)CO. The predicted octanol–water partition coefficient (Wildman–Crippen LogP) is 2.46. The largest absolute Gasteiger partial charge is 0.396 e. The second kappa shape index (κ2) is 7.34. The fraction of sp³-hybridized carbons (Fsp3) is 1.00. The molecule has 80 valence electrons. The maximum atomic E-state index is 8.88. The van der Waals surface area contributed by atoms with Gasteiger partial charge >= 0.3 is 0 Å². The highest BCUT2D eigenvalue weighted by molar-refractivity contribution is 4.59. The van der Waals surface area contributed by atoms with Gasteiger partial charge in [0.15, 0.2) is 0 Å². The van der Waals surface area contributed by atoms with Crippen LogP contribution in [-0.2, 0) is 4.74 Å². The molecule has 0 aromatic heterocycles. The lowest BCUT2D eigenvalue weighted by atomic mass is 10.1. The molecule has 2 nitrogen and oxygen atoms in total. The summed E-state index contributed by atoms with van der Waals surface area (Å²) in [6, 6.07) is 0. The van der Waals surface area contributed by atoms with Gasteiger partial charge in [0, 0.05) is 19.1 Å². The van der Waals surface area contributed by atoms with Crippen molar-refractivity contribution in [2.24, 2.45) is 11.8 Å². The molecule has 0 amide bonds. The van der Waals surface area contributed by atoms with Crippen LogP contribution in [0.2, 0.25) is 0 Å². The quantitative estimate of drug-likeness (QED) is 0.665. The van der Waals surface area contributed by atoms with Crippen molar-refractivity contribution >= 4 is 0 Å². The Kier molecular flexibility index (Phi) is 7.29. The Balaban J connectivity index is 3.41. The minimum Gasteiger partial charge on any atom is -0.396 e. The normalized spacial score (nSPS) is 18.2. The van der Waals surface area contributed by atoms with E-state index in [1.165, 1.54) is 6.42 Å². The molecule has 0 aromatic carbocycles. The maximum Gasteiger partial charge on any atom is 0.0594 e. The first kappa shape index (κ1) is 12.9. The second-order valence-corrected chi connectivity index (χ2v) is 4.04. The van der Waals surface area contributed by atoms with Crippen molar-refractivity contribution < 1.29 is 9.84 Å². The zero-order valence-electron chi connectivity index (χ0n) is 9.42. The fourth-order valence-corrected chi connectivity index (χ4v) is 0.972. The molecule has 0 fully saturated rings. The van der Waals surface area contributed by atoms with Gasteiger partial charge in [0.05, 0.1) is 6.10 Å². The van der Waals surface area contributed by atoms with Gasteiger partial charge in [-0.25, -0.2) is 0 Å². The van der Waals surface area contributed by atoms with Crippen molar-refractivity contribution in [3.05, 3.63) is 0 Å². The fourth-order valence-electron chi connectivity index (χ4n) is 0.972. The highest BCUT2D eigenvalue weighted by Gasteiger charge is 2.11. The Morgan fingerprint density at radius 3 is 2.31 bits per heavy atom. The zero-order valence-corrected chi connectivity index (χ0v) is 9.42. The van der Waals surface area contributed by atoms with Crippen LogP contribution in [0.5, 0.6) is 0 Å². The van der Waals surface area contributed by atoms with E-state index < -0.39 is 0 Å². The number of rotatable bonds is 7. The predicted molar refractivity (Wildman–Crippen MR) is 55.7 cm³/mol. The van der Waals surface area contributed by atoms with Crippen molar-refractivity contribution in [2.75, 3.05) is 13.2 Å². The summed E-state index contributed by atoms with van der Waals surface area (Å²) >= 11 is 0. The first-order valence-electron chi connectivity index (χ1n) is 5.34. The lowest BCUT2D eigenvalue weighted by Crippen LogP contribution is -2.22. The molecule has 0 aliphatic carbocycles. The molecule has 0 rings (SSSR count). The first-order chi connectivity index (χ1) is 6.11. The van der Waals surface area contributed by atoms with Gasteiger partial charge in [0.1, 0.15) is 0 Å². The Morgan fingerprint density at radius 2 is 1.85 bits per heavy atom. The molecule has 0 aliphatic heterocycles. The third-order valence-corrected chi connectivity index (χ3v) is 2.78. The number of hydrogen-bond donors (Lipinski definition) is 1. The van der Waals surface area contributed by atoms with Gasteiger partial charge in [-0.3, -0.25) is 0 Å². The highest BCUT2D eigenvalue weighted by Crippen LogP contribution is 2.10. The molecule has 13 heavy (non-hydrogen) atoms. The molecule has 0 bridgehead atoms. The Morgan fingerprint density at radius 1 is 1.23 bits per heavy atom. The van der Waals surface area contributed by atoms with E-state index in [0.717, 1.165) is 18.9 Å². The average Bonchev–Trinajstić information content (AvgIpc) is 2.15. The lowest BCUT2D eigenvalue weighted by Gasteiger charge is -2.19. The van der Waals surface area contributed by atoms with Gasteiger partial charge in [-0.05, 0) is 19.3 Å². The van der Waals surface area contributed by atoms with E-state index in [0.29, 0.717) is 0 Å². The molecule has 2 heteroatoms. The van der Waals surface area contributed by atoms with E-state index in [1.807, 2.05) is 13.8 Å². The van der Waals surface area contributed by atoms with Crippen LogP contribution in [0, 0.1) is 11.8 Å². The van der Waals surface area contributed by atoms with Gasteiger partial charge in [-0.15, -0.1) is 0 Å². The summed E-state index contributed by atoms with van der Waals surface area (Å²) in [5, 5.41) is 8.88. The van der Waals surface area contributed by atoms with E-state index in [2.05, 4.69) is 13.8 Å². The third-order valence-electron chi connectivity index (χ3n) is 2.78. The zero-order chi connectivity index (χ0) is 10.3. The van der Waals surface area contributed by atoms with Crippen molar-refractivity contribution in [1.82, 2.24) is 0 Å². The van der Waals surface area contributed by atoms with Crippen molar-refractivity contribution in [1.29, 1.82) is 0 Å². The topological polar surface area (TPSA) is 29.5 Å². The summed E-state index contributed by atoms with van der Waals surface area (Å²) in [4.78, 5) is 0. The molecule has 3 atom stereocenters. The van der Waals surface area contributed by atoms with Crippen LogP contribution in [-0.4, -0.2) is 24.4 Å². The van der Waals surface area contributed by atoms with E-state index in [9.17, 15) is 0 Å². The maximum absolute atomic E-state index is 8.88. The van der Waals surface area contributed by atoms with Crippen LogP contribution >= 0.6 is 0 Å². The molecule has 0 saturated heterocycles. The summed E-state index contributed by atoms with van der Waals surface area (Å²) in [7, 11) is 0. The molecular formula is C11H24O2. The first-order valence-corrected chi connectivity index (χ1v) is 5.34. The number of hydrogen-bond acceptors (Lipinski definition) is 2. The smallest absolute Gasteiger partial charge is 0.0594 e. The standard InChI is InChI=1S/C11H24O2/c1-5-9(2)6-7-13-11(4)10(3)8-12/h9-12H,5-8H2,1-4H3. The molecule has 0 heterocycles. The third kappa shape index (κ3) is 6.05. The molecule has 3 unspecified atom stereocenters. The summed E-state index contributed by atoms with van der Waals surface area (Å²) in [6.07, 6.45) is 2.51. The van der Waals surface area contributed by atoms with Crippen LogP contribution in [0.4, 0.5) is 0 Å². The molecular weight excluding hydrogens is 164 g/mol. The number of aliphatic hydroxyl groups is 1. The number of ether oxygens (including phenoxy) is 1. The van der Waals surface area contributed by atoms with Gasteiger partial charge in [0.25, 0.3) is 0 Å². The summed E-state index contributed by atoms with van der Waals surface area (Å²) < 4.78 is 5.61. The van der Waals surface area contributed by atoms with Crippen molar-refractivity contribution in [3.8, 4) is 0 Å². The molecule has 0 saturated carbocycles. The van der Waals surface area contributed by atoms with E-state index >= 15 is 0 Å². The van der Waals surface area contributed by atoms with Crippen LogP contribution in [0.15, 0.2) is 0 Å². The highest BCUT2D eigenvalue weighted by atomic mass is 16.5. The van der Waals surface area contributed by atoms with Crippen molar-refractivity contribution in [2.45, 2.75) is 46.6 Å². The lowest BCUT2D eigenvalue weighted by molar-refractivity contribution is 0.00653. The van der Waals surface area contributed by atoms with E-state index in [-0.39, 0.29) is 18.6 Å². The molecule has 0 spiro atoms. The summed E-state index contributed by atoms with van der Waals surface area (Å²) in [5.74, 6) is 0.994. The van der Waals surface area contributed by atoms with Gasteiger partial charge in [-0.1, -0.05) is 27.2 Å². The monoisotopic (exact) mass is 188 g/mol. The van der Waals surface area contributed by atoms with Crippen LogP contribution in [0.25, 0.3) is 0 Å².